The second-order valence-electron chi connectivity index (χ2n) is 5.32. The van der Waals surface area contributed by atoms with E-state index in [4.69, 9.17) is 16.1 Å². The molecule has 1 heterocycles. The fraction of sp³-hybridized carbons (Fsp3) is 0.167. The molecule has 0 saturated heterocycles. The zero-order valence-corrected chi connectivity index (χ0v) is 13.4. The first-order chi connectivity index (χ1) is 11.4. The first kappa shape index (κ1) is 16.6. The number of halogens is 4. The minimum atomic E-state index is -4.44. The third kappa shape index (κ3) is 3.31. The lowest BCUT2D eigenvalue weighted by Gasteiger charge is -2.08. The summed E-state index contributed by atoms with van der Waals surface area (Å²) in [6.45, 7) is 2.05. The van der Waals surface area contributed by atoms with Crippen molar-refractivity contribution >= 4 is 11.6 Å². The monoisotopic (exact) mass is 351 g/mol. The lowest BCUT2D eigenvalue weighted by atomic mass is 10.1. The summed E-state index contributed by atoms with van der Waals surface area (Å²) in [5.41, 5.74) is 1.65. The van der Waals surface area contributed by atoms with Gasteiger partial charge in [0.25, 0.3) is 0 Å². The highest BCUT2D eigenvalue weighted by molar-refractivity contribution is 6.33. The number of hydrogen-bond acceptors (Lipinski definition) is 2. The molecule has 2 aromatic carbocycles. The van der Waals surface area contributed by atoms with Gasteiger partial charge in [-0.25, -0.2) is 0 Å². The average Bonchev–Trinajstić information content (AvgIpc) is 3.04. The minimum absolute atomic E-state index is 0.184. The van der Waals surface area contributed by atoms with Crippen LogP contribution >= 0.6 is 11.6 Å². The van der Waals surface area contributed by atoms with Gasteiger partial charge in [-0.1, -0.05) is 47.9 Å². The predicted octanol–water partition coefficient (Wildman–Crippen LogP) is 6.24. The Morgan fingerprint density at radius 1 is 1.04 bits per heavy atom. The predicted molar refractivity (Wildman–Crippen MR) is 86.8 cm³/mol. The lowest BCUT2D eigenvalue weighted by Crippen LogP contribution is -2.04. The molecular weight excluding hydrogens is 339 g/mol. The summed E-state index contributed by atoms with van der Waals surface area (Å²) >= 11 is 6.03. The van der Waals surface area contributed by atoms with Crippen LogP contribution in [-0.2, 0) is 12.6 Å². The van der Waals surface area contributed by atoms with Gasteiger partial charge in [-0.05, 0) is 30.2 Å². The first-order valence-electron chi connectivity index (χ1n) is 7.31. The van der Waals surface area contributed by atoms with Gasteiger partial charge >= 0.3 is 6.18 Å². The normalized spacial score (nSPS) is 11.7. The van der Waals surface area contributed by atoms with Gasteiger partial charge in [-0.15, -0.1) is 0 Å². The van der Waals surface area contributed by atoms with Crippen LogP contribution in [0.25, 0.3) is 22.6 Å². The molecule has 24 heavy (non-hydrogen) atoms. The van der Waals surface area contributed by atoms with Crippen LogP contribution in [0.15, 0.2) is 53.1 Å². The molecule has 0 unspecified atom stereocenters. The minimum Gasteiger partial charge on any atom is -0.356 e. The van der Waals surface area contributed by atoms with Gasteiger partial charge in [0.1, 0.15) is 5.69 Å². The van der Waals surface area contributed by atoms with E-state index in [0.717, 1.165) is 24.1 Å². The van der Waals surface area contributed by atoms with Gasteiger partial charge in [-0.3, -0.25) is 0 Å². The molecule has 1 aromatic heterocycles. The molecule has 0 aliphatic carbocycles. The van der Waals surface area contributed by atoms with Gasteiger partial charge in [0, 0.05) is 17.2 Å². The van der Waals surface area contributed by atoms with Crippen molar-refractivity contribution in [2.24, 2.45) is 0 Å². The van der Waals surface area contributed by atoms with Crippen LogP contribution in [0.1, 0.15) is 18.1 Å². The smallest absolute Gasteiger partial charge is 0.356 e. The van der Waals surface area contributed by atoms with Crippen LogP contribution in [0.2, 0.25) is 5.02 Å². The largest absolute Gasteiger partial charge is 0.416 e. The third-order valence-corrected chi connectivity index (χ3v) is 4.06. The molecule has 0 saturated carbocycles. The standard InChI is InChI=1S/C18H13ClF3NO/c1-2-11-3-5-12(6-4-11)17-10-16(23-24-17)14-9-13(18(20,21)22)7-8-15(14)19/h3-10H,2H2,1H3. The Balaban J connectivity index is 1.98. The Bertz CT molecular complexity index is 853. The van der Waals surface area contributed by atoms with E-state index in [2.05, 4.69) is 12.1 Å². The molecule has 2 nitrogen and oxygen atoms in total. The highest BCUT2D eigenvalue weighted by Crippen LogP contribution is 2.36. The van der Waals surface area contributed by atoms with Crippen LogP contribution in [0, 0.1) is 0 Å². The van der Waals surface area contributed by atoms with E-state index in [1.807, 2.05) is 24.3 Å². The molecule has 6 heteroatoms. The summed E-state index contributed by atoms with van der Waals surface area (Å²) in [5.74, 6) is 0.473. The SMILES string of the molecule is CCc1ccc(-c2cc(-c3cc(C(F)(F)F)ccc3Cl)no2)cc1. The number of aromatic nitrogens is 1. The number of hydrogen-bond donors (Lipinski definition) is 0. The molecular formula is C18H13ClF3NO. The number of nitrogens with zero attached hydrogens (tertiary/aromatic N) is 1. The van der Waals surface area contributed by atoms with E-state index in [0.29, 0.717) is 5.76 Å². The van der Waals surface area contributed by atoms with Gasteiger partial charge in [0.05, 0.1) is 10.6 Å². The van der Waals surface area contributed by atoms with Gasteiger partial charge in [-0.2, -0.15) is 13.2 Å². The number of aryl methyl sites for hydroxylation is 1. The Morgan fingerprint density at radius 2 is 1.75 bits per heavy atom. The molecule has 0 spiro atoms. The zero-order chi connectivity index (χ0) is 17.3. The molecule has 3 rings (SSSR count). The second-order valence-corrected chi connectivity index (χ2v) is 5.73. The molecule has 0 aliphatic rings. The Kier molecular flexibility index (Phi) is 4.37. The summed E-state index contributed by atoms with van der Waals surface area (Å²) in [6.07, 6.45) is -3.52. The molecule has 3 aromatic rings. The van der Waals surface area contributed by atoms with Gasteiger partial charge in [0.2, 0.25) is 0 Å². The van der Waals surface area contributed by atoms with Crippen molar-refractivity contribution in [3.8, 4) is 22.6 Å². The second kappa shape index (κ2) is 6.32. The first-order valence-corrected chi connectivity index (χ1v) is 7.69. The Hall–Kier alpha value is -2.27. The molecule has 0 N–H and O–H groups in total. The average molecular weight is 352 g/mol. The van der Waals surface area contributed by atoms with Crippen molar-refractivity contribution in [1.82, 2.24) is 5.16 Å². The van der Waals surface area contributed by atoms with Crippen LogP contribution in [0.4, 0.5) is 13.2 Å². The van der Waals surface area contributed by atoms with Crippen molar-refractivity contribution in [2.75, 3.05) is 0 Å². The van der Waals surface area contributed by atoms with E-state index in [-0.39, 0.29) is 16.3 Å². The van der Waals surface area contributed by atoms with E-state index in [1.54, 1.807) is 6.07 Å². The Morgan fingerprint density at radius 3 is 2.38 bits per heavy atom. The van der Waals surface area contributed by atoms with Crippen molar-refractivity contribution in [1.29, 1.82) is 0 Å². The Labute approximate surface area is 141 Å². The molecule has 124 valence electrons. The zero-order valence-electron chi connectivity index (χ0n) is 12.7. The summed E-state index contributed by atoms with van der Waals surface area (Å²) in [5, 5.41) is 4.05. The van der Waals surface area contributed by atoms with Crippen LogP contribution < -0.4 is 0 Å². The third-order valence-electron chi connectivity index (χ3n) is 3.73. The van der Waals surface area contributed by atoms with E-state index < -0.39 is 11.7 Å². The summed E-state index contributed by atoms with van der Waals surface area (Å²) in [4.78, 5) is 0. The van der Waals surface area contributed by atoms with Crippen molar-refractivity contribution in [3.05, 3.63) is 64.7 Å². The van der Waals surface area contributed by atoms with E-state index in [1.165, 1.54) is 11.6 Å². The highest BCUT2D eigenvalue weighted by atomic mass is 35.5. The van der Waals surface area contributed by atoms with Crippen LogP contribution in [0.5, 0.6) is 0 Å². The van der Waals surface area contributed by atoms with Gasteiger partial charge in [0.15, 0.2) is 5.76 Å². The highest BCUT2D eigenvalue weighted by Gasteiger charge is 2.31. The fourth-order valence-electron chi connectivity index (χ4n) is 2.34. The van der Waals surface area contributed by atoms with Gasteiger partial charge < -0.3 is 4.52 Å². The lowest BCUT2D eigenvalue weighted by molar-refractivity contribution is -0.137. The number of alkyl halides is 3. The maximum Gasteiger partial charge on any atom is 0.416 e. The number of rotatable bonds is 3. The fourth-order valence-corrected chi connectivity index (χ4v) is 2.56. The maximum atomic E-state index is 12.9. The molecule has 0 amide bonds. The van der Waals surface area contributed by atoms with E-state index >= 15 is 0 Å². The maximum absolute atomic E-state index is 12.9. The topological polar surface area (TPSA) is 26.0 Å². The summed E-state index contributed by atoms with van der Waals surface area (Å²) in [6, 6.07) is 12.4. The van der Waals surface area contributed by atoms with Crippen molar-refractivity contribution in [3.63, 3.8) is 0 Å². The molecule has 0 fully saturated rings. The van der Waals surface area contributed by atoms with Crippen molar-refractivity contribution < 1.29 is 17.7 Å². The van der Waals surface area contributed by atoms with Crippen LogP contribution in [0.3, 0.4) is 0 Å². The van der Waals surface area contributed by atoms with Crippen molar-refractivity contribution in [2.45, 2.75) is 19.5 Å². The quantitative estimate of drug-likeness (QED) is 0.558. The molecule has 0 atom stereocenters. The number of benzene rings is 2. The molecule has 0 bridgehead atoms. The van der Waals surface area contributed by atoms with Crippen LogP contribution in [-0.4, -0.2) is 5.16 Å². The van der Waals surface area contributed by atoms with E-state index in [9.17, 15) is 13.2 Å². The summed E-state index contributed by atoms with van der Waals surface area (Å²) in [7, 11) is 0. The molecule has 0 radical (unpaired) electrons. The summed E-state index contributed by atoms with van der Waals surface area (Å²) < 4.78 is 43.9. The molecule has 0 aliphatic heterocycles.